The van der Waals surface area contributed by atoms with Crippen molar-refractivity contribution in [1.82, 2.24) is 0 Å². The van der Waals surface area contributed by atoms with E-state index in [2.05, 4.69) is 6.92 Å². The Morgan fingerprint density at radius 2 is 1.50 bits per heavy atom. The summed E-state index contributed by atoms with van der Waals surface area (Å²) in [5, 5.41) is 0. The zero-order valence-corrected chi connectivity index (χ0v) is 20.8. The Labute approximate surface area is 125 Å². The molecule has 0 bridgehead atoms. The van der Waals surface area contributed by atoms with Gasteiger partial charge in [0.15, 0.2) is 0 Å². The minimum atomic E-state index is -1.33. The second kappa shape index (κ2) is 14.3. The SMILES string of the molecule is CCCCCCCCCCC[C](=O)[SnH2][O][SnH3]. The van der Waals surface area contributed by atoms with E-state index < -0.39 is 21.6 Å². The molecule has 0 unspecified atom stereocenters. The zero-order chi connectivity index (χ0) is 12.1. The van der Waals surface area contributed by atoms with Crippen molar-refractivity contribution in [3.05, 3.63) is 0 Å². The van der Waals surface area contributed by atoms with Crippen LogP contribution in [0.3, 0.4) is 0 Å². The van der Waals surface area contributed by atoms with Gasteiger partial charge in [0.25, 0.3) is 0 Å². The van der Waals surface area contributed by atoms with E-state index in [1.165, 1.54) is 51.4 Å². The predicted molar refractivity (Wildman–Crippen MR) is 76.4 cm³/mol. The maximum absolute atomic E-state index is 11.3. The summed E-state index contributed by atoms with van der Waals surface area (Å²) >= 11 is -1.02. The summed E-state index contributed by atoms with van der Waals surface area (Å²) in [6.07, 6.45) is 12.8. The van der Waals surface area contributed by atoms with Gasteiger partial charge in [0, 0.05) is 0 Å². The van der Waals surface area contributed by atoms with E-state index in [0.29, 0.717) is 26.7 Å². The summed E-state index contributed by atoms with van der Waals surface area (Å²) in [7, 11) is 0. The first kappa shape index (κ1) is 17.2. The molecule has 0 radical (unpaired) electrons. The standard InChI is InChI=1S/C12H23O.O.2Sn.5H/c1-2-3-4-5-6-7-8-9-10-11-12-13;;;;;;;;/h2-11H2,1H3;;;;;;;;. The van der Waals surface area contributed by atoms with Crippen LogP contribution in [-0.2, 0) is 6.21 Å². The molecular formula is C12H28O2Sn2. The molecule has 0 spiro atoms. The van der Waals surface area contributed by atoms with Gasteiger partial charge in [0.05, 0.1) is 0 Å². The van der Waals surface area contributed by atoms with Gasteiger partial charge >= 0.3 is 126 Å². The number of hydrogen-bond acceptors (Lipinski definition) is 2. The van der Waals surface area contributed by atoms with Gasteiger partial charge in [-0.1, -0.05) is 0 Å². The van der Waals surface area contributed by atoms with E-state index >= 15 is 0 Å². The molecule has 96 valence electrons. The van der Waals surface area contributed by atoms with Crippen LogP contribution in [0.5, 0.6) is 0 Å². The fourth-order valence-corrected chi connectivity index (χ4v) is 10.1. The van der Waals surface area contributed by atoms with Gasteiger partial charge in [0.1, 0.15) is 0 Å². The van der Waals surface area contributed by atoms with Crippen molar-refractivity contribution >= 4 is 48.3 Å². The van der Waals surface area contributed by atoms with E-state index in [1.54, 1.807) is 0 Å². The molecule has 0 aliphatic rings. The number of carbonyl (C=O) groups is 1. The molecule has 0 fully saturated rings. The van der Waals surface area contributed by atoms with Gasteiger partial charge < -0.3 is 0 Å². The third kappa shape index (κ3) is 13.3. The first-order valence-corrected chi connectivity index (χ1v) is 12.8. The van der Waals surface area contributed by atoms with Crippen LogP contribution in [0, 0.1) is 0 Å². The molecule has 0 aromatic heterocycles. The molecule has 4 heteroatoms. The van der Waals surface area contributed by atoms with E-state index in [9.17, 15) is 4.79 Å². The van der Waals surface area contributed by atoms with Crippen molar-refractivity contribution < 1.29 is 6.21 Å². The first-order chi connectivity index (χ1) is 7.81. The molecule has 0 saturated carbocycles. The average molecular weight is 442 g/mol. The Bertz CT molecular complexity index is 163. The summed E-state index contributed by atoms with van der Waals surface area (Å²) in [5.41, 5.74) is 0. The fraction of sp³-hybridized carbons (Fsp3) is 0.917. The van der Waals surface area contributed by atoms with E-state index in [-0.39, 0.29) is 0 Å². The molecule has 0 aliphatic carbocycles. The number of carbonyl (C=O) groups excluding carboxylic acids is 1. The zero-order valence-electron chi connectivity index (χ0n) is 11.1. The van der Waals surface area contributed by atoms with Crippen LogP contribution in [0.15, 0.2) is 0 Å². The van der Waals surface area contributed by atoms with Gasteiger partial charge in [-0.05, 0) is 0 Å². The third-order valence-electron chi connectivity index (χ3n) is 2.86. The summed E-state index contributed by atoms with van der Waals surface area (Å²) in [6.45, 7) is 2.26. The molecule has 0 saturated heterocycles. The van der Waals surface area contributed by atoms with Gasteiger partial charge in [0.2, 0.25) is 0 Å². The third-order valence-corrected chi connectivity index (χ3v) is 11.1. The molecule has 0 aliphatic heterocycles. The number of rotatable bonds is 12. The van der Waals surface area contributed by atoms with Crippen molar-refractivity contribution in [2.45, 2.75) is 71.1 Å². The normalized spacial score (nSPS) is 11.6. The van der Waals surface area contributed by atoms with E-state index in [1.807, 2.05) is 0 Å². The van der Waals surface area contributed by atoms with Crippen LogP contribution in [0.2, 0.25) is 0 Å². The Morgan fingerprint density at radius 3 is 2.00 bits per heavy atom. The molecule has 0 atom stereocenters. The van der Waals surface area contributed by atoms with Crippen LogP contribution in [0.4, 0.5) is 0 Å². The summed E-state index contributed by atoms with van der Waals surface area (Å²) in [6, 6.07) is 0. The Kier molecular flexibility index (Phi) is 15.4. The quantitative estimate of drug-likeness (QED) is 0.341. The topological polar surface area (TPSA) is 26.3 Å². The molecular weight excluding hydrogens is 414 g/mol. The van der Waals surface area contributed by atoms with E-state index in [0.717, 1.165) is 12.8 Å². The fourth-order valence-electron chi connectivity index (χ4n) is 1.87. The van der Waals surface area contributed by atoms with Crippen LogP contribution in [0.25, 0.3) is 0 Å². The second-order valence-electron chi connectivity index (χ2n) is 4.55. The van der Waals surface area contributed by atoms with Crippen LogP contribution < -0.4 is 0 Å². The van der Waals surface area contributed by atoms with Crippen LogP contribution >= 0.6 is 0 Å². The predicted octanol–water partition coefficient (Wildman–Crippen LogP) is 1.81. The Balaban J connectivity index is 3.01. The molecule has 0 heterocycles. The second-order valence-corrected chi connectivity index (χ2v) is 20.3. The van der Waals surface area contributed by atoms with Crippen molar-refractivity contribution in [3.63, 3.8) is 0 Å². The monoisotopic (exact) mass is 444 g/mol. The molecule has 16 heavy (non-hydrogen) atoms. The Hall–Kier alpha value is 1.23. The molecule has 0 N–H and O–H groups in total. The van der Waals surface area contributed by atoms with E-state index in [4.69, 9.17) is 1.41 Å². The number of unbranched alkanes of at least 4 members (excludes halogenated alkanes) is 8. The van der Waals surface area contributed by atoms with Crippen molar-refractivity contribution in [2.75, 3.05) is 0 Å². The average Bonchev–Trinajstić information content (AvgIpc) is 2.27. The molecule has 0 amide bonds. The van der Waals surface area contributed by atoms with Gasteiger partial charge in [-0.25, -0.2) is 0 Å². The van der Waals surface area contributed by atoms with Gasteiger partial charge in [-0.15, -0.1) is 0 Å². The van der Waals surface area contributed by atoms with Crippen molar-refractivity contribution in [3.8, 4) is 0 Å². The molecule has 2 nitrogen and oxygen atoms in total. The summed E-state index contributed by atoms with van der Waals surface area (Å²) in [4.78, 5) is 11.3. The summed E-state index contributed by atoms with van der Waals surface area (Å²) in [5.74, 6) is 0. The van der Waals surface area contributed by atoms with Crippen LogP contribution in [-0.4, -0.2) is 48.3 Å². The molecule has 0 aromatic carbocycles. The van der Waals surface area contributed by atoms with Crippen molar-refractivity contribution in [1.29, 1.82) is 0 Å². The van der Waals surface area contributed by atoms with Gasteiger partial charge in [-0.2, -0.15) is 0 Å². The van der Waals surface area contributed by atoms with Gasteiger partial charge in [-0.3, -0.25) is 0 Å². The Morgan fingerprint density at radius 1 is 1.00 bits per heavy atom. The molecule has 0 aromatic rings. The minimum absolute atomic E-state index is 0.310. The van der Waals surface area contributed by atoms with Crippen molar-refractivity contribution in [2.24, 2.45) is 0 Å². The molecule has 0 rings (SSSR count). The summed E-state index contributed by atoms with van der Waals surface area (Å²) < 4.78 is 5.71. The van der Waals surface area contributed by atoms with Crippen LogP contribution in [0.1, 0.15) is 71.1 Å². The number of hydrogen-bond donors (Lipinski definition) is 0. The first-order valence-electron chi connectivity index (χ1n) is 6.82. The maximum atomic E-state index is 11.3.